The summed E-state index contributed by atoms with van der Waals surface area (Å²) in [7, 11) is 0. The fourth-order valence-corrected chi connectivity index (χ4v) is 2.13. The molecule has 0 aliphatic rings. The molecule has 1 amide bonds. The molecule has 1 rings (SSSR count). The number of amides is 1. The molecule has 21 heavy (non-hydrogen) atoms. The summed E-state index contributed by atoms with van der Waals surface area (Å²) >= 11 is 11.7. The van der Waals surface area contributed by atoms with Gasteiger partial charge < -0.3 is 10.4 Å². The van der Waals surface area contributed by atoms with E-state index >= 15 is 0 Å². The first-order valence-electron chi connectivity index (χ1n) is 6.86. The maximum Gasteiger partial charge on any atom is 0.244 e. The van der Waals surface area contributed by atoms with Crippen molar-refractivity contribution in [3.63, 3.8) is 0 Å². The predicted octanol–water partition coefficient (Wildman–Crippen LogP) is 3.92. The van der Waals surface area contributed by atoms with Crippen LogP contribution in [0.5, 0.6) is 0 Å². The largest absolute Gasteiger partial charge is 0.396 e. The summed E-state index contributed by atoms with van der Waals surface area (Å²) in [6.45, 7) is 4.86. The molecule has 116 valence electrons. The molecule has 0 saturated heterocycles. The van der Waals surface area contributed by atoms with E-state index in [0.717, 1.165) is 18.4 Å². The van der Waals surface area contributed by atoms with Gasteiger partial charge in [-0.05, 0) is 42.0 Å². The van der Waals surface area contributed by atoms with Gasteiger partial charge in [0, 0.05) is 19.2 Å². The van der Waals surface area contributed by atoms with E-state index in [9.17, 15) is 4.79 Å². The van der Waals surface area contributed by atoms with Gasteiger partial charge in [-0.2, -0.15) is 0 Å². The highest BCUT2D eigenvalue weighted by Crippen LogP contribution is 2.23. The lowest BCUT2D eigenvalue weighted by atomic mass is 9.88. The van der Waals surface area contributed by atoms with E-state index in [0.29, 0.717) is 16.6 Å². The van der Waals surface area contributed by atoms with Crippen molar-refractivity contribution < 1.29 is 9.90 Å². The number of halogens is 2. The van der Waals surface area contributed by atoms with Crippen LogP contribution >= 0.6 is 23.2 Å². The molecule has 0 aliphatic carbocycles. The average molecular weight is 330 g/mol. The second-order valence-electron chi connectivity index (χ2n) is 5.72. The highest BCUT2D eigenvalue weighted by Gasteiger charge is 2.17. The minimum atomic E-state index is -0.154. The standard InChI is InChI=1S/C16H21Cl2NO2/c1-16(2,8-3-9-20)11-19-15(21)7-5-12-4-6-13(17)14(18)10-12/h4-7,10,20H,3,8-9,11H2,1-2H3,(H,19,21)/b7-5+. The van der Waals surface area contributed by atoms with Crippen LogP contribution in [0.3, 0.4) is 0 Å². The minimum absolute atomic E-state index is 0.0319. The quantitative estimate of drug-likeness (QED) is 0.745. The third-order valence-corrected chi connectivity index (χ3v) is 3.86. The van der Waals surface area contributed by atoms with E-state index in [1.807, 2.05) is 0 Å². The molecule has 0 aromatic heterocycles. The summed E-state index contributed by atoms with van der Waals surface area (Å²) in [5.41, 5.74) is 0.787. The van der Waals surface area contributed by atoms with E-state index in [-0.39, 0.29) is 17.9 Å². The van der Waals surface area contributed by atoms with Gasteiger partial charge in [-0.3, -0.25) is 4.79 Å². The number of nitrogens with one attached hydrogen (secondary N) is 1. The van der Waals surface area contributed by atoms with Crippen LogP contribution in [0.15, 0.2) is 24.3 Å². The normalized spacial score (nSPS) is 11.9. The number of benzene rings is 1. The van der Waals surface area contributed by atoms with Crippen molar-refractivity contribution in [3.8, 4) is 0 Å². The summed E-state index contributed by atoms with van der Waals surface area (Å²) in [5, 5.41) is 12.7. The zero-order valence-electron chi connectivity index (χ0n) is 12.3. The summed E-state index contributed by atoms with van der Waals surface area (Å²) in [6.07, 6.45) is 4.77. The third-order valence-electron chi connectivity index (χ3n) is 3.12. The lowest BCUT2D eigenvalue weighted by Crippen LogP contribution is -2.33. The number of aliphatic hydroxyl groups excluding tert-OH is 1. The SMILES string of the molecule is CC(C)(CCCO)CNC(=O)/C=C/c1ccc(Cl)c(Cl)c1. The molecule has 0 aliphatic heterocycles. The average Bonchev–Trinajstić information content (AvgIpc) is 2.44. The molecule has 0 saturated carbocycles. The van der Waals surface area contributed by atoms with Crippen molar-refractivity contribution in [2.45, 2.75) is 26.7 Å². The monoisotopic (exact) mass is 329 g/mol. The second kappa shape index (κ2) is 8.42. The highest BCUT2D eigenvalue weighted by atomic mass is 35.5. The summed E-state index contributed by atoms with van der Waals surface area (Å²) in [6, 6.07) is 5.20. The van der Waals surface area contributed by atoms with Gasteiger partial charge >= 0.3 is 0 Å². The molecule has 0 heterocycles. The van der Waals surface area contributed by atoms with Gasteiger partial charge in [-0.15, -0.1) is 0 Å². The Hall–Kier alpha value is -1.03. The lowest BCUT2D eigenvalue weighted by Gasteiger charge is -2.24. The van der Waals surface area contributed by atoms with Crippen LogP contribution in [0.25, 0.3) is 6.08 Å². The zero-order valence-corrected chi connectivity index (χ0v) is 13.8. The fraction of sp³-hybridized carbons (Fsp3) is 0.438. The summed E-state index contributed by atoms with van der Waals surface area (Å²) < 4.78 is 0. The third kappa shape index (κ3) is 6.98. The fourth-order valence-electron chi connectivity index (χ4n) is 1.82. The zero-order chi connectivity index (χ0) is 15.9. The Morgan fingerprint density at radius 1 is 1.33 bits per heavy atom. The number of rotatable bonds is 7. The number of carbonyl (C=O) groups is 1. The van der Waals surface area contributed by atoms with E-state index in [4.69, 9.17) is 28.3 Å². The van der Waals surface area contributed by atoms with Crippen molar-refractivity contribution in [3.05, 3.63) is 39.9 Å². The molecule has 2 N–H and O–H groups in total. The van der Waals surface area contributed by atoms with Gasteiger partial charge in [0.25, 0.3) is 0 Å². The molecule has 5 heteroatoms. The topological polar surface area (TPSA) is 49.3 Å². The van der Waals surface area contributed by atoms with E-state index in [1.54, 1.807) is 24.3 Å². The molecule has 1 aromatic rings. The summed E-state index contributed by atoms with van der Waals surface area (Å²) in [4.78, 5) is 11.8. The Labute approximate surface area is 136 Å². The van der Waals surface area contributed by atoms with Crippen LogP contribution < -0.4 is 5.32 Å². The Bertz CT molecular complexity index is 513. The van der Waals surface area contributed by atoms with Crippen LogP contribution in [0.4, 0.5) is 0 Å². The van der Waals surface area contributed by atoms with Gasteiger partial charge in [0.15, 0.2) is 0 Å². The molecule has 1 aromatic carbocycles. The number of hydrogen-bond donors (Lipinski definition) is 2. The predicted molar refractivity (Wildman–Crippen MR) is 88.6 cm³/mol. The lowest BCUT2D eigenvalue weighted by molar-refractivity contribution is -0.116. The summed E-state index contributed by atoms with van der Waals surface area (Å²) in [5.74, 6) is -0.154. The molecule has 0 unspecified atom stereocenters. The van der Waals surface area contributed by atoms with Gasteiger partial charge in [0.2, 0.25) is 5.91 Å². The highest BCUT2D eigenvalue weighted by molar-refractivity contribution is 6.42. The van der Waals surface area contributed by atoms with Gasteiger partial charge in [0.1, 0.15) is 0 Å². The first-order valence-corrected chi connectivity index (χ1v) is 7.61. The molecular formula is C16H21Cl2NO2. The smallest absolute Gasteiger partial charge is 0.244 e. The van der Waals surface area contributed by atoms with E-state index in [2.05, 4.69) is 19.2 Å². The molecule has 0 fully saturated rings. The first kappa shape index (κ1) is 18.0. The second-order valence-corrected chi connectivity index (χ2v) is 6.53. The van der Waals surface area contributed by atoms with Crippen molar-refractivity contribution in [2.75, 3.05) is 13.2 Å². The van der Waals surface area contributed by atoms with Crippen LogP contribution in [-0.4, -0.2) is 24.2 Å². The first-order chi connectivity index (χ1) is 9.84. The van der Waals surface area contributed by atoms with Crippen molar-refractivity contribution in [1.29, 1.82) is 0 Å². The van der Waals surface area contributed by atoms with Crippen LogP contribution in [0.2, 0.25) is 10.0 Å². The Morgan fingerprint density at radius 3 is 2.67 bits per heavy atom. The molecule has 0 bridgehead atoms. The van der Waals surface area contributed by atoms with Crippen LogP contribution in [-0.2, 0) is 4.79 Å². The number of hydrogen-bond acceptors (Lipinski definition) is 2. The maximum atomic E-state index is 11.8. The number of aliphatic hydroxyl groups is 1. The van der Waals surface area contributed by atoms with Gasteiger partial charge in [-0.25, -0.2) is 0 Å². The van der Waals surface area contributed by atoms with E-state index < -0.39 is 0 Å². The Kier molecular flexibility index (Phi) is 7.23. The Morgan fingerprint density at radius 2 is 2.05 bits per heavy atom. The van der Waals surface area contributed by atoms with Crippen molar-refractivity contribution >= 4 is 35.2 Å². The molecular weight excluding hydrogens is 309 g/mol. The van der Waals surface area contributed by atoms with Crippen LogP contribution in [0, 0.1) is 5.41 Å². The van der Waals surface area contributed by atoms with Gasteiger partial charge in [-0.1, -0.05) is 43.1 Å². The Balaban J connectivity index is 2.49. The van der Waals surface area contributed by atoms with Crippen molar-refractivity contribution in [2.24, 2.45) is 5.41 Å². The number of carbonyl (C=O) groups excluding carboxylic acids is 1. The molecule has 0 atom stereocenters. The van der Waals surface area contributed by atoms with Gasteiger partial charge in [0.05, 0.1) is 10.0 Å². The minimum Gasteiger partial charge on any atom is -0.396 e. The van der Waals surface area contributed by atoms with Crippen molar-refractivity contribution in [1.82, 2.24) is 5.32 Å². The molecule has 0 radical (unpaired) electrons. The van der Waals surface area contributed by atoms with Crippen LogP contribution in [0.1, 0.15) is 32.3 Å². The van der Waals surface area contributed by atoms with E-state index in [1.165, 1.54) is 6.08 Å². The maximum absolute atomic E-state index is 11.8. The molecule has 3 nitrogen and oxygen atoms in total. The molecule has 0 spiro atoms.